The minimum Gasteiger partial charge on any atom is -0.486 e. The highest BCUT2D eigenvalue weighted by molar-refractivity contribution is 5.77. The van der Waals surface area contributed by atoms with Gasteiger partial charge in [0.25, 0.3) is 5.91 Å². The fourth-order valence-corrected chi connectivity index (χ4v) is 2.11. The molecule has 1 aliphatic heterocycles. The molecule has 1 heterocycles. The first-order valence-electron chi connectivity index (χ1n) is 7.14. The van der Waals surface area contributed by atoms with Crippen LogP contribution in [0.4, 0.5) is 0 Å². The number of carbonyl (C=O) groups is 1. The van der Waals surface area contributed by atoms with Crippen LogP contribution in [0.25, 0.3) is 0 Å². The highest BCUT2D eigenvalue weighted by atomic mass is 16.6. The van der Waals surface area contributed by atoms with Gasteiger partial charge in [0.2, 0.25) is 0 Å². The van der Waals surface area contributed by atoms with Crippen molar-refractivity contribution in [3.05, 3.63) is 54.1 Å². The second kappa shape index (κ2) is 6.85. The van der Waals surface area contributed by atoms with Gasteiger partial charge in [0.1, 0.15) is 19.0 Å². The Hall–Kier alpha value is -2.69. The molecule has 0 saturated heterocycles. The number of nitrogens with one attached hydrogen (secondary N) is 1. The standard InChI is InChI=1S/C17H17NO4/c19-17(18-11-13-4-2-1-3-5-13)12-22-14-6-7-15-16(10-14)21-9-8-20-15/h1-7,10H,8-9,11-12H2,(H,18,19). The van der Waals surface area contributed by atoms with Gasteiger partial charge >= 0.3 is 0 Å². The van der Waals surface area contributed by atoms with Crippen molar-refractivity contribution >= 4 is 5.91 Å². The van der Waals surface area contributed by atoms with Gasteiger partial charge in [-0.25, -0.2) is 0 Å². The monoisotopic (exact) mass is 299 g/mol. The molecule has 22 heavy (non-hydrogen) atoms. The number of rotatable bonds is 5. The lowest BCUT2D eigenvalue weighted by Crippen LogP contribution is -2.28. The summed E-state index contributed by atoms with van der Waals surface area (Å²) in [7, 11) is 0. The van der Waals surface area contributed by atoms with Crippen molar-refractivity contribution in [1.29, 1.82) is 0 Å². The van der Waals surface area contributed by atoms with E-state index in [0.717, 1.165) is 5.56 Å². The molecule has 5 nitrogen and oxygen atoms in total. The fourth-order valence-electron chi connectivity index (χ4n) is 2.11. The van der Waals surface area contributed by atoms with Crippen LogP contribution in [0.3, 0.4) is 0 Å². The Kier molecular flexibility index (Phi) is 4.44. The van der Waals surface area contributed by atoms with E-state index in [9.17, 15) is 4.79 Å². The molecule has 0 bridgehead atoms. The summed E-state index contributed by atoms with van der Waals surface area (Å²) >= 11 is 0. The van der Waals surface area contributed by atoms with Crippen molar-refractivity contribution in [2.75, 3.05) is 19.8 Å². The van der Waals surface area contributed by atoms with Gasteiger partial charge in [0, 0.05) is 12.6 Å². The van der Waals surface area contributed by atoms with Crippen LogP contribution in [-0.2, 0) is 11.3 Å². The maximum atomic E-state index is 11.8. The molecule has 0 atom stereocenters. The zero-order valence-corrected chi connectivity index (χ0v) is 12.1. The minimum atomic E-state index is -0.168. The maximum absolute atomic E-state index is 11.8. The minimum absolute atomic E-state index is 0.0352. The molecule has 0 fully saturated rings. The number of fused-ring (bicyclic) bond motifs is 1. The Labute approximate surface area is 128 Å². The summed E-state index contributed by atoms with van der Waals surface area (Å²) in [6.07, 6.45) is 0. The topological polar surface area (TPSA) is 56.8 Å². The van der Waals surface area contributed by atoms with Crippen LogP contribution in [0, 0.1) is 0 Å². The molecule has 1 amide bonds. The van der Waals surface area contributed by atoms with E-state index >= 15 is 0 Å². The van der Waals surface area contributed by atoms with Gasteiger partial charge in [-0.2, -0.15) is 0 Å². The number of hydrogen-bond acceptors (Lipinski definition) is 4. The van der Waals surface area contributed by atoms with Gasteiger partial charge in [-0.3, -0.25) is 4.79 Å². The fraction of sp³-hybridized carbons (Fsp3) is 0.235. The lowest BCUT2D eigenvalue weighted by molar-refractivity contribution is -0.123. The number of hydrogen-bond donors (Lipinski definition) is 1. The zero-order valence-electron chi connectivity index (χ0n) is 12.1. The first kappa shape index (κ1) is 14.3. The Bertz CT molecular complexity index is 642. The number of benzene rings is 2. The summed E-state index contributed by atoms with van der Waals surface area (Å²) in [5.74, 6) is 1.76. The summed E-state index contributed by atoms with van der Waals surface area (Å²) in [6, 6.07) is 15.0. The zero-order chi connectivity index (χ0) is 15.2. The third kappa shape index (κ3) is 3.69. The van der Waals surface area contributed by atoms with Crippen LogP contribution in [-0.4, -0.2) is 25.7 Å². The Balaban J connectivity index is 1.48. The van der Waals surface area contributed by atoms with Crippen molar-refractivity contribution in [1.82, 2.24) is 5.32 Å². The van der Waals surface area contributed by atoms with Gasteiger partial charge in [0.15, 0.2) is 18.1 Å². The molecule has 114 valence electrons. The second-order valence-corrected chi connectivity index (χ2v) is 4.86. The number of carbonyl (C=O) groups excluding carboxylic acids is 1. The van der Waals surface area contributed by atoms with Crippen molar-refractivity contribution in [2.24, 2.45) is 0 Å². The predicted octanol–water partition coefficient (Wildman–Crippen LogP) is 2.15. The molecule has 0 radical (unpaired) electrons. The number of ether oxygens (including phenoxy) is 3. The molecule has 0 spiro atoms. The summed E-state index contributed by atoms with van der Waals surface area (Å²) in [6.45, 7) is 1.53. The van der Waals surface area contributed by atoms with Gasteiger partial charge in [-0.15, -0.1) is 0 Å². The largest absolute Gasteiger partial charge is 0.486 e. The third-order valence-corrected chi connectivity index (χ3v) is 3.22. The van der Waals surface area contributed by atoms with Crippen LogP contribution in [0.15, 0.2) is 48.5 Å². The van der Waals surface area contributed by atoms with Gasteiger partial charge in [-0.05, 0) is 17.7 Å². The molecule has 5 heteroatoms. The first-order chi connectivity index (χ1) is 10.8. The van der Waals surface area contributed by atoms with E-state index in [1.807, 2.05) is 30.3 Å². The van der Waals surface area contributed by atoms with Gasteiger partial charge < -0.3 is 19.5 Å². The van der Waals surface area contributed by atoms with E-state index < -0.39 is 0 Å². The van der Waals surface area contributed by atoms with Crippen molar-refractivity contribution in [3.63, 3.8) is 0 Å². The van der Waals surface area contributed by atoms with E-state index in [2.05, 4.69) is 5.32 Å². The predicted molar refractivity (Wildman–Crippen MR) is 81.2 cm³/mol. The Morgan fingerprint density at radius 1 is 1.05 bits per heavy atom. The van der Waals surface area contributed by atoms with Crippen molar-refractivity contribution in [3.8, 4) is 17.2 Å². The molecule has 0 unspecified atom stereocenters. The van der Waals surface area contributed by atoms with Crippen LogP contribution in [0.5, 0.6) is 17.2 Å². The summed E-state index contributed by atoms with van der Waals surface area (Å²) in [5, 5.41) is 2.81. The Morgan fingerprint density at radius 3 is 2.64 bits per heavy atom. The Morgan fingerprint density at radius 2 is 1.82 bits per heavy atom. The highest BCUT2D eigenvalue weighted by Gasteiger charge is 2.12. The van der Waals surface area contributed by atoms with E-state index in [1.165, 1.54) is 0 Å². The van der Waals surface area contributed by atoms with E-state index in [4.69, 9.17) is 14.2 Å². The van der Waals surface area contributed by atoms with Gasteiger partial charge in [-0.1, -0.05) is 30.3 Å². The SMILES string of the molecule is O=C(COc1ccc2c(c1)OCCO2)NCc1ccccc1. The van der Waals surface area contributed by atoms with Crippen molar-refractivity contribution < 1.29 is 19.0 Å². The third-order valence-electron chi connectivity index (χ3n) is 3.22. The average Bonchev–Trinajstić information content (AvgIpc) is 2.59. The average molecular weight is 299 g/mol. The van der Waals surface area contributed by atoms with E-state index in [1.54, 1.807) is 18.2 Å². The van der Waals surface area contributed by atoms with Crippen LogP contribution >= 0.6 is 0 Å². The van der Waals surface area contributed by atoms with Gasteiger partial charge in [0.05, 0.1) is 0 Å². The molecule has 2 aromatic carbocycles. The first-order valence-corrected chi connectivity index (χ1v) is 7.14. The summed E-state index contributed by atoms with van der Waals surface area (Å²) < 4.78 is 16.4. The molecule has 2 aromatic rings. The van der Waals surface area contributed by atoms with Crippen molar-refractivity contribution in [2.45, 2.75) is 6.54 Å². The molecular weight excluding hydrogens is 282 g/mol. The molecule has 0 saturated carbocycles. The highest BCUT2D eigenvalue weighted by Crippen LogP contribution is 2.33. The van der Waals surface area contributed by atoms with Crippen LogP contribution < -0.4 is 19.5 Å². The smallest absolute Gasteiger partial charge is 0.258 e. The quantitative estimate of drug-likeness (QED) is 0.919. The molecule has 0 aromatic heterocycles. The molecule has 0 aliphatic carbocycles. The normalized spacial score (nSPS) is 12.5. The second-order valence-electron chi connectivity index (χ2n) is 4.86. The maximum Gasteiger partial charge on any atom is 0.258 e. The van der Waals surface area contributed by atoms with Crippen LogP contribution in [0.1, 0.15) is 5.56 Å². The van der Waals surface area contributed by atoms with E-state index in [-0.39, 0.29) is 12.5 Å². The summed E-state index contributed by atoms with van der Waals surface area (Å²) in [4.78, 5) is 11.8. The number of amides is 1. The van der Waals surface area contributed by atoms with Crippen LogP contribution in [0.2, 0.25) is 0 Å². The molecule has 3 rings (SSSR count). The lowest BCUT2D eigenvalue weighted by atomic mass is 10.2. The summed E-state index contributed by atoms with van der Waals surface area (Å²) in [5.41, 5.74) is 1.05. The lowest BCUT2D eigenvalue weighted by Gasteiger charge is -2.18. The molecular formula is C17H17NO4. The van der Waals surface area contributed by atoms with E-state index in [0.29, 0.717) is 37.0 Å². The molecule has 1 aliphatic rings. The molecule has 1 N–H and O–H groups in total.